The summed E-state index contributed by atoms with van der Waals surface area (Å²) in [6.45, 7) is 7.01. The maximum absolute atomic E-state index is 11.4. The standard InChI is InChI=1S/C9H19N3O/c1-7-6-11-4-5-12(7)8(2)9(13)10-3/h7-8,11H,4-6H2,1-3H3,(H,10,13)/t7-,8?/m0/s1. The molecule has 1 saturated heterocycles. The zero-order valence-electron chi connectivity index (χ0n) is 8.63. The van der Waals surface area contributed by atoms with E-state index in [1.165, 1.54) is 0 Å². The molecule has 0 aliphatic carbocycles. The van der Waals surface area contributed by atoms with Crippen LogP contribution in [0, 0.1) is 0 Å². The normalized spacial score (nSPS) is 26.8. The van der Waals surface area contributed by atoms with E-state index in [2.05, 4.69) is 22.5 Å². The first-order valence-corrected chi connectivity index (χ1v) is 4.85. The Morgan fingerprint density at radius 3 is 2.92 bits per heavy atom. The van der Waals surface area contributed by atoms with Crippen LogP contribution < -0.4 is 10.6 Å². The molecule has 0 saturated carbocycles. The number of hydrogen-bond acceptors (Lipinski definition) is 3. The maximum Gasteiger partial charge on any atom is 0.236 e. The number of rotatable bonds is 2. The van der Waals surface area contributed by atoms with Gasteiger partial charge in [0.05, 0.1) is 6.04 Å². The van der Waals surface area contributed by atoms with Crippen molar-refractivity contribution in [1.82, 2.24) is 15.5 Å². The fourth-order valence-electron chi connectivity index (χ4n) is 1.79. The van der Waals surface area contributed by atoms with Gasteiger partial charge in [0.15, 0.2) is 0 Å². The van der Waals surface area contributed by atoms with Crippen LogP contribution >= 0.6 is 0 Å². The minimum absolute atomic E-state index is 0.0119. The second kappa shape index (κ2) is 4.58. The summed E-state index contributed by atoms with van der Waals surface area (Å²) >= 11 is 0. The fraction of sp³-hybridized carbons (Fsp3) is 0.889. The third-order valence-corrected chi connectivity index (χ3v) is 2.68. The van der Waals surface area contributed by atoms with Crippen molar-refractivity contribution in [3.05, 3.63) is 0 Å². The average molecular weight is 185 g/mol. The van der Waals surface area contributed by atoms with Crippen molar-refractivity contribution in [3.63, 3.8) is 0 Å². The molecule has 1 rings (SSSR count). The molecule has 0 spiro atoms. The molecule has 0 radical (unpaired) electrons. The van der Waals surface area contributed by atoms with E-state index in [4.69, 9.17) is 0 Å². The first-order valence-electron chi connectivity index (χ1n) is 4.85. The van der Waals surface area contributed by atoms with Crippen LogP contribution in [0.3, 0.4) is 0 Å². The lowest BCUT2D eigenvalue weighted by molar-refractivity contribution is -0.126. The van der Waals surface area contributed by atoms with E-state index in [1.54, 1.807) is 7.05 Å². The molecule has 1 amide bonds. The van der Waals surface area contributed by atoms with Crippen LogP contribution in [-0.2, 0) is 4.79 Å². The van der Waals surface area contributed by atoms with Gasteiger partial charge in [0.2, 0.25) is 5.91 Å². The Balaban J connectivity index is 2.53. The highest BCUT2D eigenvalue weighted by atomic mass is 16.2. The van der Waals surface area contributed by atoms with Crippen LogP contribution in [0.4, 0.5) is 0 Å². The summed E-state index contributed by atoms with van der Waals surface area (Å²) in [7, 11) is 1.69. The second-order valence-electron chi connectivity index (χ2n) is 3.58. The molecule has 1 fully saturated rings. The molecule has 1 unspecified atom stereocenters. The van der Waals surface area contributed by atoms with E-state index < -0.39 is 0 Å². The summed E-state index contributed by atoms with van der Waals surface area (Å²) in [5, 5.41) is 5.98. The minimum Gasteiger partial charge on any atom is -0.358 e. The molecular formula is C9H19N3O. The molecule has 13 heavy (non-hydrogen) atoms. The molecular weight excluding hydrogens is 166 g/mol. The summed E-state index contributed by atoms with van der Waals surface area (Å²) < 4.78 is 0. The second-order valence-corrected chi connectivity index (χ2v) is 3.58. The van der Waals surface area contributed by atoms with Crippen molar-refractivity contribution in [1.29, 1.82) is 0 Å². The summed E-state index contributed by atoms with van der Waals surface area (Å²) in [6, 6.07) is 0.433. The number of carbonyl (C=O) groups is 1. The van der Waals surface area contributed by atoms with Gasteiger partial charge < -0.3 is 10.6 Å². The number of amides is 1. The lowest BCUT2D eigenvalue weighted by Gasteiger charge is -2.37. The third kappa shape index (κ3) is 2.42. The molecule has 0 aromatic heterocycles. The lowest BCUT2D eigenvalue weighted by Crippen LogP contribution is -2.56. The fourth-order valence-corrected chi connectivity index (χ4v) is 1.79. The van der Waals surface area contributed by atoms with Gasteiger partial charge in [-0.1, -0.05) is 0 Å². The minimum atomic E-state index is -0.0119. The van der Waals surface area contributed by atoms with Crippen LogP contribution in [0.5, 0.6) is 0 Å². The van der Waals surface area contributed by atoms with Crippen molar-refractivity contribution in [2.24, 2.45) is 0 Å². The van der Waals surface area contributed by atoms with E-state index in [1.807, 2.05) is 6.92 Å². The Bertz CT molecular complexity index is 184. The van der Waals surface area contributed by atoms with Crippen molar-refractivity contribution in [2.75, 3.05) is 26.7 Å². The zero-order chi connectivity index (χ0) is 9.84. The van der Waals surface area contributed by atoms with Gasteiger partial charge in [-0.2, -0.15) is 0 Å². The van der Waals surface area contributed by atoms with Gasteiger partial charge in [0.25, 0.3) is 0 Å². The summed E-state index contributed by atoms with van der Waals surface area (Å²) in [5.74, 6) is 0.105. The topological polar surface area (TPSA) is 44.4 Å². The van der Waals surface area contributed by atoms with Gasteiger partial charge in [0.1, 0.15) is 0 Å². The van der Waals surface area contributed by atoms with Crippen molar-refractivity contribution >= 4 is 5.91 Å². The predicted octanol–water partition coefficient (Wildman–Crippen LogP) is -0.585. The zero-order valence-corrected chi connectivity index (χ0v) is 8.63. The molecule has 4 heteroatoms. The molecule has 4 nitrogen and oxygen atoms in total. The van der Waals surface area contributed by atoms with Gasteiger partial charge in [-0.3, -0.25) is 9.69 Å². The molecule has 0 bridgehead atoms. The van der Waals surface area contributed by atoms with E-state index in [-0.39, 0.29) is 11.9 Å². The highest BCUT2D eigenvalue weighted by Crippen LogP contribution is 2.07. The Kier molecular flexibility index (Phi) is 3.69. The number of nitrogens with zero attached hydrogens (tertiary/aromatic N) is 1. The van der Waals surface area contributed by atoms with E-state index in [9.17, 15) is 4.79 Å². The molecule has 1 heterocycles. The number of nitrogens with one attached hydrogen (secondary N) is 2. The van der Waals surface area contributed by atoms with Crippen molar-refractivity contribution < 1.29 is 4.79 Å². The first kappa shape index (κ1) is 10.5. The largest absolute Gasteiger partial charge is 0.358 e. The van der Waals surface area contributed by atoms with E-state index in [0.29, 0.717) is 6.04 Å². The Morgan fingerprint density at radius 2 is 2.38 bits per heavy atom. The Morgan fingerprint density at radius 1 is 1.69 bits per heavy atom. The van der Waals surface area contributed by atoms with Crippen molar-refractivity contribution in [3.8, 4) is 0 Å². The average Bonchev–Trinajstić information content (AvgIpc) is 2.16. The van der Waals surface area contributed by atoms with Crippen molar-refractivity contribution in [2.45, 2.75) is 25.9 Å². The number of carbonyl (C=O) groups excluding carboxylic acids is 1. The highest BCUT2D eigenvalue weighted by molar-refractivity contribution is 5.81. The Labute approximate surface area is 79.7 Å². The van der Waals surface area contributed by atoms with Gasteiger partial charge in [0, 0.05) is 32.7 Å². The molecule has 76 valence electrons. The van der Waals surface area contributed by atoms with Crippen LogP contribution in [-0.4, -0.2) is 49.6 Å². The van der Waals surface area contributed by atoms with Crippen LogP contribution in [0.25, 0.3) is 0 Å². The first-order chi connectivity index (χ1) is 6.16. The molecule has 1 aliphatic heterocycles. The van der Waals surface area contributed by atoms with E-state index in [0.717, 1.165) is 19.6 Å². The Hall–Kier alpha value is -0.610. The molecule has 1 aliphatic rings. The number of likely N-dealkylation sites (N-methyl/N-ethyl adjacent to an activating group) is 1. The van der Waals surface area contributed by atoms with Crippen LogP contribution in [0.2, 0.25) is 0 Å². The van der Waals surface area contributed by atoms with Gasteiger partial charge in [-0.05, 0) is 13.8 Å². The highest BCUT2D eigenvalue weighted by Gasteiger charge is 2.26. The summed E-state index contributed by atoms with van der Waals surface area (Å²) in [4.78, 5) is 13.6. The summed E-state index contributed by atoms with van der Waals surface area (Å²) in [6.07, 6.45) is 0. The molecule has 0 aromatic rings. The molecule has 2 N–H and O–H groups in total. The monoisotopic (exact) mass is 185 g/mol. The quantitative estimate of drug-likeness (QED) is 0.604. The van der Waals surface area contributed by atoms with Crippen LogP contribution in [0.1, 0.15) is 13.8 Å². The van der Waals surface area contributed by atoms with Gasteiger partial charge in [-0.25, -0.2) is 0 Å². The number of piperazine rings is 1. The number of hydrogen-bond donors (Lipinski definition) is 2. The summed E-state index contributed by atoms with van der Waals surface area (Å²) in [5.41, 5.74) is 0. The maximum atomic E-state index is 11.4. The van der Waals surface area contributed by atoms with Crippen LogP contribution in [0.15, 0.2) is 0 Å². The third-order valence-electron chi connectivity index (χ3n) is 2.68. The SMILES string of the molecule is CNC(=O)C(C)N1CCNC[C@@H]1C. The van der Waals surface area contributed by atoms with Gasteiger partial charge >= 0.3 is 0 Å². The molecule has 2 atom stereocenters. The molecule has 0 aromatic carbocycles. The van der Waals surface area contributed by atoms with E-state index >= 15 is 0 Å². The van der Waals surface area contributed by atoms with Gasteiger partial charge in [-0.15, -0.1) is 0 Å². The smallest absolute Gasteiger partial charge is 0.236 e. The lowest BCUT2D eigenvalue weighted by atomic mass is 10.1. The predicted molar refractivity (Wildman–Crippen MR) is 52.6 cm³/mol.